The average Bonchev–Trinajstić information content (AvgIpc) is 2.72. The van der Waals surface area contributed by atoms with Crippen molar-refractivity contribution in [1.82, 2.24) is 0 Å². The Morgan fingerprint density at radius 3 is 2.59 bits per heavy atom. The van der Waals surface area contributed by atoms with E-state index in [9.17, 15) is 10.2 Å². The number of aliphatic hydroxyl groups excluding tert-OH is 2. The highest BCUT2D eigenvalue weighted by Gasteiger charge is 2.29. The van der Waals surface area contributed by atoms with Gasteiger partial charge in [-0.3, -0.25) is 0 Å². The standard InChI is InChI=1S/C21H28NO4P/c1-22-15-6-3-13(4-7-15)21(27)18-9-14(5-8-19(18)25-2)20-11-16(24)10-17(12-23)26-20/h3-9,16-17,20-24H,10-12,27H2,1-2H3. The molecule has 0 amide bonds. The zero-order valence-corrected chi connectivity index (χ0v) is 16.9. The Labute approximate surface area is 162 Å². The third-order valence-corrected chi connectivity index (χ3v) is 5.84. The van der Waals surface area contributed by atoms with Gasteiger partial charge in [-0.2, -0.15) is 0 Å². The Morgan fingerprint density at radius 1 is 1.22 bits per heavy atom. The van der Waals surface area contributed by atoms with Crippen molar-refractivity contribution >= 4 is 14.9 Å². The highest BCUT2D eigenvalue weighted by atomic mass is 31.0. The van der Waals surface area contributed by atoms with Crippen molar-refractivity contribution in [3.05, 3.63) is 59.2 Å². The van der Waals surface area contributed by atoms with E-state index in [-0.39, 0.29) is 24.5 Å². The lowest BCUT2D eigenvalue weighted by Gasteiger charge is -2.33. The summed E-state index contributed by atoms with van der Waals surface area (Å²) in [7, 11) is 6.46. The van der Waals surface area contributed by atoms with E-state index in [2.05, 4.69) is 44.9 Å². The molecule has 3 rings (SSSR count). The van der Waals surface area contributed by atoms with Crippen LogP contribution in [0.5, 0.6) is 5.75 Å². The molecule has 6 heteroatoms. The molecule has 5 atom stereocenters. The van der Waals surface area contributed by atoms with Gasteiger partial charge in [-0.25, -0.2) is 0 Å². The van der Waals surface area contributed by atoms with E-state index < -0.39 is 6.10 Å². The minimum absolute atomic E-state index is 0.0629. The Balaban J connectivity index is 1.90. The summed E-state index contributed by atoms with van der Waals surface area (Å²) in [5.74, 6) is 0.812. The second-order valence-corrected chi connectivity index (χ2v) is 7.57. The molecule has 0 aromatic heterocycles. The van der Waals surface area contributed by atoms with Crippen molar-refractivity contribution in [3.63, 3.8) is 0 Å². The van der Waals surface area contributed by atoms with Crippen LogP contribution in [-0.2, 0) is 4.74 Å². The van der Waals surface area contributed by atoms with Crippen molar-refractivity contribution in [2.45, 2.75) is 36.8 Å². The quantitative estimate of drug-likeness (QED) is 0.662. The second kappa shape index (κ2) is 9.03. The fourth-order valence-corrected chi connectivity index (χ4v) is 4.04. The Hall–Kier alpha value is -1.65. The molecule has 0 radical (unpaired) electrons. The predicted octanol–water partition coefficient (Wildman–Crippen LogP) is 3.27. The first-order chi connectivity index (χ1) is 13.0. The van der Waals surface area contributed by atoms with Crippen molar-refractivity contribution in [1.29, 1.82) is 0 Å². The molecule has 0 bridgehead atoms. The van der Waals surface area contributed by atoms with E-state index in [1.807, 2.05) is 19.2 Å². The van der Waals surface area contributed by atoms with E-state index in [1.165, 1.54) is 0 Å². The largest absolute Gasteiger partial charge is 0.496 e. The molecule has 1 fully saturated rings. The summed E-state index contributed by atoms with van der Waals surface area (Å²) >= 11 is 0. The molecule has 1 aliphatic heterocycles. The summed E-state index contributed by atoms with van der Waals surface area (Å²) in [5, 5.41) is 22.7. The van der Waals surface area contributed by atoms with Crippen LogP contribution in [-0.4, -0.2) is 43.2 Å². The van der Waals surface area contributed by atoms with Crippen molar-refractivity contribution in [2.24, 2.45) is 0 Å². The van der Waals surface area contributed by atoms with E-state index in [0.29, 0.717) is 12.8 Å². The van der Waals surface area contributed by atoms with Crippen LogP contribution in [0.25, 0.3) is 0 Å². The summed E-state index contributed by atoms with van der Waals surface area (Å²) in [6.07, 6.45) is -0.0299. The zero-order chi connectivity index (χ0) is 19.4. The minimum atomic E-state index is -0.465. The van der Waals surface area contributed by atoms with E-state index in [0.717, 1.165) is 28.1 Å². The lowest BCUT2D eigenvalue weighted by atomic mass is 9.93. The maximum absolute atomic E-state index is 10.1. The number of hydrogen-bond donors (Lipinski definition) is 3. The summed E-state index contributed by atoms with van der Waals surface area (Å²) in [4.78, 5) is 0. The normalized spacial score (nSPS) is 23.7. The van der Waals surface area contributed by atoms with Gasteiger partial charge < -0.3 is 25.0 Å². The van der Waals surface area contributed by atoms with Gasteiger partial charge in [0.2, 0.25) is 0 Å². The number of anilines is 1. The molecular weight excluding hydrogens is 361 g/mol. The van der Waals surface area contributed by atoms with Crippen molar-refractivity contribution < 1.29 is 19.7 Å². The monoisotopic (exact) mass is 389 g/mol. The third kappa shape index (κ3) is 4.61. The number of methoxy groups -OCH3 is 1. The molecule has 1 aliphatic rings. The number of aliphatic hydroxyl groups is 2. The Bertz CT molecular complexity index is 752. The van der Waals surface area contributed by atoms with Gasteiger partial charge in [0, 0.05) is 36.8 Å². The van der Waals surface area contributed by atoms with Crippen LogP contribution >= 0.6 is 9.24 Å². The smallest absolute Gasteiger partial charge is 0.123 e. The van der Waals surface area contributed by atoms with Gasteiger partial charge in [0.25, 0.3) is 0 Å². The predicted molar refractivity (Wildman–Crippen MR) is 110 cm³/mol. The maximum atomic E-state index is 10.1. The number of ether oxygens (including phenoxy) is 2. The SMILES string of the molecule is CNc1ccc(C(P)c2cc(C3CC(O)CC(CO)O3)ccc2OC)cc1. The second-order valence-electron chi connectivity index (χ2n) is 6.91. The first kappa shape index (κ1) is 20.1. The van der Waals surface area contributed by atoms with Crippen LogP contribution in [0, 0.1) is 0 Å². The average molecular weight is 389 g/mol. The van der Waals surface area contributed by atoms with Gasteiger partial charge >= 0.3 is 0 Å². The molecule has 2 aromatic rings. The molecule has 1 heterocycles. The number of nitrogens with one attached hydrogen (secondary N) is 1. The summed E-state index contributed by atoms with van der Waals surface area (Å²) in [6, 6.07) is 14.3. The highest BCUT2D eigenvalue weighted by Crippen LogP contribution is 2.40. The van der Waals surface area contributed by atoms with Gasteiger partial charge in [-0.05, 0) is 35.4 Å². The first-order valence-corrected chi connectivity index (χ1v) is 9.87. The van der Waals surface area contributed by atoms with Crippen molar-refractivity contribution in [2.75, 3.05) is 26.1 Å². The first-order valence-electron chi connectivity index (χ1n) is 9.21. The van der Waals surface area contributed by atoms with Gasteiger partial charge in [-0.1, -0.05) is 18.2 Å². The highest BCUT2D eigenvalue weighted by molar-refractivity contribution is 7.17. The zero-order valence-electron chi connectivity index (χ0n) is 15.8. The molecule has 1 saturated heterocycles. The van der Waals surface area contributed by atoms with Gasteiger partial charge in [-0.15, -0.1) is 9.24 Å². The van der Waals surface area contributed by atoms with Gasteiger partial charge in [0.1, 0.15) is 5.75 Å². The molecule has 27 heavy (non-hydrogen) atoms. The van der Waals surface area contributed by atoms with E-state index in [4.69, 9.17) is 9.47 Å². The maximum Gasteiger partial charge on any atom is 0.123 e. The van der Waals surface area contributed by atoms with E-state index in [1.54, 1.807) is 7.11 Å². The van der Waals surface area contributed by atoms with Crippen LogP contribution in [0.3, 0.4) is 0 Å². The number of rotatable bonds is 6. The van der Waals surface area contributed by atoms with Crippen LogP contribution in [0.2, 0.25) is 0 Å². The molecule has 146 valence electrons. The van der Waals surface area contributed by atoms with Gasteiger partial charge in [0.15, 0.2) is 0 Å². The Kier molecular flexibility index (Phi) is 6.72. The van der Waals surface area contributed by atoms with Crippen LogP contribution < -0.4 is 10.1 Å². The van der Waals surface area contributed by atoms with Crippen LogP contribution in [0.1, 0.15) is 41.3 Å². The molecule has 0 saturated carbocycles. The summed E-state index contributed by atoms with van der Waals surface area (Å²) in [5.41, 5.74) is 4.32. The lowest BCUT2D eigenvalue weighted by Crippen LogP contribution is -2.33. The molecule has 5 nitrogen and oxygen atoms in total. The lowest BCUT2D eigenvalue weighted by molar-refractivity contribution is -0.113. The minimum Gasteiger partial charge on any atom is -0.496 e. The van der Waals surface area contributed by atoms with Crippen LogP contribution in [0.15, 0.2) is 42.5 Å². The molecule has 0 spiro atoms. The molecule has 0 aliphatic carbocycles. The number of benzene rings is 2. The fourth-order valence-electron chi connectivity index (χ4n) is 3.56. The van der Waals surface area contributed by atoms with E-state index >= 15 is 0 Å². The van der Waals surface area contributed by atoms with Gasteiger partial charge in [0.05, 0.1) is 32.0 Å². The Morgan fingerprint density at radius 2 is 1.96 bits per heavy atom. The summed E-state index contributed by atoms with van der Waals surface area (Å²) in [6.45, 7) is -0.0827. The molecule has 2 aromatic carbocycles. The molecule has 5 unspecified atom stereocenters. The molecule has 3 N–H and O–H groups in total. The molecular formula is C21H28NO4P. The fraction of sp³-hybridized carbons (Fsp3) is 0.429. The third-order valence-electron chi connectivity index (χ3n) is 5.10. The topological polar surface area (TPSA) is 71.0 Å². The van der Waals surface area contributed by atoms with Crippen molar-refractivity contribution in [3.8, 4) is 5.75 Å². The van der Waals surface area contributed by atoms with Crippen LogP contribution in [0.4, 0.5) is 5.69 Å². The summed E-state index contributed by atoms with van der Waals surface area (Å²) < 4.78 is 11.6. The number of hydrogen-bond acceptors (Lipinski definition) is 5.